The van der Waals surface area contributed by atoms with Gasteiger partial charge in [0, 0.05) is 50.6 Å². The standard InChI is InChI=1S/C74H78BN3O/c1-45-37-63-68-64(38-45)77(60-43-53-51(39-46(60)2)69(3,4)33-35-71(53,7)8)61-41-49(78-58-30-27-48(47-21-14-13-15-22-47)40-55(58)73(11)31-18-19-32-74(73,78)12)28-29-56(61)75(68)57-42-52-54(72(9,10)36-34-70(52,5)6)44-62(57)76(63)59-24-20-26-66-67(59)50-23-16-17-25-65(50)79-66/h13-17,20-26,28-29,37-44H,18-19,27,30-36H2,1-12H3. The Kier molecular flexibility index (Phi) is 10.3. The minimum Gasteiger partial charge on any atom is -0.456 e. The summed E-state index contributed by atoms with van der Waals surface area (Å²) >= 11 is 0. The summed E-state index contributed by atoms with van der Waals surface area (Å²) < 4.78 is 6.74. The molecule has 2 atom stereocenters. The molecule has 1 saturated carbocycles. The van der Waals surface area contributed by atoms with Gasteiger partial charge in [-0.05, 0) is 215 Å². The Morgan fingerprint density at radius 1 is 0.481 bits per heavy atom. The summed E-state index contributed by atoms with van der Waals surface area (Å²) in [5.41, 5.74) is 29.7. The van der Waals surface area contributed by atoms with Gasteiger partial charge in [0.25, 0.3) is 6.71 Å². The normalized spacial score (nSPS) is 23.6. The van der Waals surface area contributed by atoms with Crippen LogP contribution in [0.3, 0.4) is 0 Å². The van der Waals surface area contributed by atoms with E-state index in [0.717, 1.165) is 42.2 Å². The van der Waals surface area contributed by atoms with Crippen molar-refractivity contribution in [3.63, 3.8) is 0 Å². The molecule has 4 heterocycles. The molecule has 1 fully saturated rings. The van der Waals surface area contributed by atoms with Crippen LogP contribution < -0.4 is 31.1 Å². The van der Waals surface area contributed by atoms with Crippen LogP contribution in [0.15, 0.2) is 149 Å². The molecule has 0 spiro atoms. The lowest BCUT2D eigenvalue weighted by Crippen LogP contribution is -2.62. The number of hydrogen-bond acceptors (Lipinski definition) is 4. The van der Waals surface area contributed by atoms with Gasteiger partial charge in [0.15, 0.2) is 0 Å². The summed E-state index contributed by atoms with van der Waals surface area (Å²) in [7, 11) is 0. The second-order valence-electron chi connectivity index (χ2n) is 28.5. The minimum absolute atomic E-state index is 0.00757. The molecule has 4 aliphatic carbocycles. The molecule has 3 aliphatic heterocycles. The molecule has 0 bridgehead atoms. The third-order valence-corrected chi connectivity index (χ3v) is 22.0. The highest BCUT2D eigenvalue weighted by Crippen LogP contribution is 2.63. The maximum atomic E-state index is 6.74. The van der Waals surface area contributed by atoms with Crippen molar-refractivity contribution < 1.29 is 4.42 Å². The Hall–Kier alpha value is -6.72. The zero-order valence-corrected chi connectivity index (χ0v) is 49.1. The van der Waals surface area contributed by atoms with Crippen molar-refractivity contribution in [2.45, 2.75) is 174 Å². The lowest BCUT2D eigenvalue weighted by atomic mass is 9.33. The summed E-state index contributed by atoms with van der Waals surface area (Å²) in [4.78, 5) is 8.33. The van der Waals surface area contributed by atoms with Crippen molar-refractivity contribution in [3.8, 4) is 0 Å². The largest absolute Gasteiger partial charge is 0.456 e. The van der Waals surface area contributed by atoms with Crippen LogP contribution in [0.5, 0.6) is 0 Å². The molecule has 7 aliphatic rings. The fourth-order valence-corrected chi connectivity index (χ4v) is 17.1. The summed E-state index contributed by atoms with van der Waals surface area (Å²) in [6, 6.07) is 50.1. The van der Waals surface area contributed by atoms with Crippen LogP contribution >= 0.6 is 0 Å². The highest BCUT2D eigenvalue weighted by Gasteiger charge is 2.59. The Morgan fingerprint density at radius 3 is 1.78 bits per heavy atom. The Bertz CT molecular complexity index is 4010. The molecule has 1 aromatic heterocycles. The van der Waals surface area contributed by atoms with Gasteiger partial charge in [0.1, 0.15) is 11.2 Å². The second kappa shape index (κ2) is 16.5. The van der Waals surface area contributed by atoms with Gasteiger partial charge in [0.05, 0.1) is 16.6 Å². The highest BCUT2D eigenvalue weighted by atomic mass is 16.3. The smallest absolute Gasteiger partial charge is 0.252 e. The molecule has 15 rings (SSSR count). The number of furan rings is 1. The number of anilines is 7. The van der Waals surface area contributed by atoms with E-state index < -0.39 is 0 Å². The van der Waals surface area contributed by atoms with Gasteiger partial charge in [-0.1, -0.05) is 154 Å². The maximum Gasteiger partial charge on any atom is 0.252 e. The summed E-state index contributed by atoms with van der Waals surface area (Å²) in [6.45, 7) is 29.9. The van der Waals surface area contributed by atoms with Crippen molar-refractivity contribution in [1.82, 2.24) is 0 Å². The Balaban J connectivity index is 1.04. The average molecular weight is 1040 g/mol. The predicted molar refractivity (Wildman–Crippen MR) is 336 cm³/mol. The van der Waals surface area contributed by atoms with Crippen LogP contribution in [0.2, 0.25) is 0 Å². The van der Waals surface area contributed by atoms with Gasteiger partial charge in [-0.15, -0.1) is 0 Å². The van der Waals surface area contributed by atoms with Gasteiger partial charge >= 0.3 is 0 Å². The van der Waals surface area contributed by atoms with E-state index in [1.807, 2.05) is 0 Å². The lowest BCUT2D eigenvalue weighted by Gasteiger charge is -2.52. The predicted octanol–water partition coefficient (Wildman–Crippen LogP) is 18.3. The molecule has 7 aromatic carbocycles. The molecule has 0 radical (unpaired) electrons. The molecule has 79 heavy (non-hydrogen) atoms. The third kappa shape index (κ3) is 6.80. The molecule has 0 saturated heterocycles. The Labute approximate surface area is 470 Å². The molecule has 4 nitrogen and oxygen atoms in total. The monoisotopic (exact) mass is 1040 g/mol. The van der Waals surface area contributed by atoms with Crippen LogP contribution in [0.1, 0.15) is 172 Å². The van der Waals surface area contributed by atoms with E-state index in [-0.39, 0.29) is 39.3 Å². The summed E-state index contributed by atoms with van der Waals surface area (Å²) in [5, 5.41) is 2.32. The van der Waals surface area contributed by atoms with E-state index in [9.17, 15) is 0 Å². The van der Waals surface area contributed by atoms with Crippen molar-refractivity contribution in [2.24, 2.45) is 5.41 Å². The van der Waals surface area contributed by atoms with Gasteiger partial charge in [-0.25, -0.2) is 0 Å². The van der Waals surface area contributed by atoms with E-state index in [1.54, 1.807) is 5.57 Å². The molecule has 0 N–H and O–H groups in total. The minimum atomic E-state index is -0.0705. The van der Waals surface area contributed by atoms with Crippen LogP contribution in [-0.2, 0) is 21.7 Å². The van der Waals surface area contributed by atoms with Gasteiger partial charge in [-0.2, -0.15) is 0 Å². The van der Waals surface area contributed by atoms with Gasteiger partial charge in [0.2, 0.25) is 0 Å². The van der Waals surface area contributed by atoms with E-state index in [2.05, 4.69) is 231 Å². The number of aryl methyl sites for hydroxylation is 2. The van der Waals surface area contributed by atoms with Crippen LogP contribution in [-0.4, -0.2) is 12.3 Å². The zero-order chi connectivity index (χ0) is 54.5. The van der Waals surface area contributed by atoms with Crippen LogP contribution in [0, 0.1) is 19.3 Å². The highest BCUT2D eigenvalue weighted by molar-refractivity contribution is 7.00. The molecule has 8 aromatic rings. The molecule has 0 amide bonds. The van der Waals surface area contributed by atoms with Gasteiger partial charge < -0.3 is 19.1 Å². The molecule has 398 valence electrons. The first-order valence-corrected chi connectivity index (χ1v) is 30.1. The Morgan fingerprint density at radius 2 is 1.08 bits per heavy atom. The molecular formula is C74H78BN3O. The van der Waals surface area contributed by atoms with Crippen molar-refractivity contribution in [3.05, 3.63) is 184 Å². The van der Waals surface area contributed by atoms with E-state index in [1.165, 1.54) is 150 Å². The topological polar surface area (TPSA) is 22.9 Å². The second-order valence-corrected chi connectivity index (χ2v) is 28.5. The fraction of sp³-hybridized carbons (Fsp3) is 0.378. The SMILES string of the molecule is Cc1cc2c3c(c1)N(c1cccc4oc5ccccc5c14)c1cc4c(cc1B3c1ccc(N3C5=C(C=C(c6ccccc6)CC5)C5(C)CCCCC35C)cc1N2c1cc2c(cc1C)C(C)(C)CCC2(C)C)C(C)(C)CCC4(C)C. The lowest BCUT2D eigenvalue weighted by molar-refractivity contribution is 0.153. The van der Waals surface area contributed by atoms with Crippen molar-refractivity contribution >= 4 is 90.4 Å². The van der Waals surface area contributed by atoms with Crippen LogP contribution in [0.4, 0.5) is 39.8 Å². The maximum absolute atomic E-state index is 6.74. The molecular weight excluding hydrogens is 958 g/mol. The summed E-state index contributed by atoms with van der Waals surface area (Å²) in [6.07, 6.45) is 14.3. The van der Waals surface area contributed by atoms with E-state index >= 15 is 0 Å². The fourth-order valence-electron chi connectivity index (χ4n) is 17.1. The summed E-state index contributed by atoms with van der Waals surface area (Å²) in [5.74, 6) is 0. The first kappa shape index (κ1) is 49.3. The van der Waals surface area contributed by atoms with E-state index in [0.29, 0.717) is 0 Å². The number of benzene rings is 7. The molecule has 5 heteroatoms. The van der Waals surface area contributed by atoms with Gasteiger partial charge in [-0.3, -0.25) is 0 Å². The van der Waals surface area contributed by atoms with Crippen molar-refractivity contribution in [2.75, 3.05) is 14.7 Å². The number of rotatable bonds is 4. The van der Waals surface area contributed by atoms with Crippen molar-refractivity contribution in [1.29, 1.82) is 0 Å². The number of fused-ring (bicyclic) bond motifs is 11. The first-order valence-electron chi connectivity index (χ1n) is 30.1. The number of nitrogens with zero attached hydrogens (tertiary/aromatic N) is 3. The average Bonchev–Trinajstić information content (AvgIpc) is 2.55. The quantitative estimate of drug-likeness (QED) is 0.164. The zero-order valence-electron chi connectivity index (χ0n) is 49.1. The number of para-hydroxylation sites is 1. The number of hydrogen-bond donors (Lipinski definition) is 0. The number of allylic oxidation sites excluding steroid dienone is 3. The first-order chi connectivity index (χ1) is 37.7. The molecule has 2 unspecified atom stereocenters. The van der Waals surface area contributed by atoms with Crippen LogP contribution in [0.25, 0.3) is 27.5 Å². The van der Waals surface area contributed by atoms with E-state index in [4.69, 9.17) is 4.42 Å². The third-order valence-electron chi connectivity index (χ3n) is 22.0.